The first-order valence-corrected chi connectivity index (χ1v) is 11.4. The summed E-state index contributed by atoms with van der Waals surface area (Å²) in [6, 6.07) is 21.8. The number of carbonyl (C=O) groups is 1. The molecule has 29 heavy (non-hydrogen) atoms. The number of ketones is 1. The Hall–Kier alpha value is -2.26. The topological polar surface area (TPSA) is 26.3 Å². The molecule has 0 heterocycles. The molecule has 0 aliphatic heterocycles. The van der Waals surface area contributed by atoms with Crippen molar-refractivity contribution < 1.29 is 9.53 Å². The molecule has 2 nitrogen and oxygen atoms in total. The highest BCUT2D eigenvalue weighted by atomic mass is 32.2. The van der Waals surface area contributed by atoms with Crippen LogP contribution in [0.5, 0.6) is 11.5 Å². The number of carbonyl (C=O) groups excluding carboxylic acids is 1. The Morgan fingerprint density at radius 1 is 0.931 bits per heavy atom. The molecule has 3 rings (SSSR count). The Kier molecular flexibility index (Phi) is 7.02. The van der Waals surface area contributed by atoms with Crippen LogP contribution in [0.15, 0.2) is 66.7 Å². The molecule has 0 saturated heterocycles. The van der Waals surface area contributed by atoms with E-state index in [0.29, 0.717) is 0 Å². The molecule has 0 N–H and O–H groups in total. The summed E-state index contributed by atoms with van der Waals surface area (Å²) in [5, 5.41) is 2.30. The van der Waals surface area contributed by atoms with Crippen LogP contribution in [0, 0.1) is 5.41 Å². The van der Waals surface area contributed by atoms with E-state index < -0.39 is 0 Å². The minimum atomic E-state index is -0.0737. The van der Waals surface area contributed by atoms with Gasteiger partial charge in [0.25, 0.3) is 0 Å². The molecule has 0 bridgehead atoms. The molecule has 0 radical (unpaired) electrons. The number of thioether (sulfide) groups is 1. The van der Waals surface area contributed by atoms with Crippen molar-refractivity contribution in [3.8, 4) is 11.5 Å². The standard InChI is InChI=1S/C26H30O2S/c1-5-6-17-29-25(26(2,3)4)24(27)20-12-14-22(15-13-20)28-23-16-11-19-9-7-8-10-21(19)18-23/h7-16,18,25H,5-6,17H2,1-4H3. The van der Waals surface area contributed by atoms with Crippen molar-refractivity contribution >= 4 is 28.3 Å². The van der Waals surface area contributed by atoms with Gasteiger partial charge in [-0.25, -0.2) is 0 Å². The summed E-state index contributed by atoms with van der Waals surface area (Å²) in [4.78, 5) is 13.1. The Balaban J connectivity index is 1.72. The summed E-state index contributed by atoms with van der Waals surface area (Å²) >= 11 is 1.78. The van der Waals surface area contributed by atoms with Crippen LogP contribution >= 0.6 is 11.8 Å². The third-order valence-corrected chi connectivity index (χ3v) is 6.68. The van der Waals surface area contributed by atoms with Crippen molar-refractivity contribution in [2.24, 2.45) is 5.41 Å². The summed E-state index contributed by atoms with van der Waals surface area (Å²) in [6.07, 6.45) is 2.29. The predicted octanol–water partition coefficient (Wildman–Crippen LogP) is 7.76. The van der Waals surface area contributed by atoms with Crippen molar-refractivity contribution in [2.75, 3.05) is 5.75 Å². The SMILES string of the molecule is CCCCSC(C(=O)c1ccc(Oc2ccc3ccccc3c2)cc1)C(C)(C)C. The summed E-state index contributed by atoms with van der Waals surface area (Å²) in [5.41, 5.74) is 0.676. The molecule has 3 heteroatoms. The second-order valence-electron chi connectivity index (χ2n) is 8.47. The van der Waals surface area contributed by atoms with E-state index in [9.17, 15) is 4.79 Å². The van der Waals surface area contributed by atoms with Crippen LogP contribution in [-0.4, -0.2) is 16.8 Å². The third kappa shape index (κ3) is 5.63. The number of Topliss-reactive ketones (excluding diaryl/α,β-unsaturated/α-hetero) is 1. The average molecular weight is 407 g/mol. The van der Waals surface area contributed by atoms with Crippen molar-refractivity contribution in [2.45, 2.75) is 45.8 Å². The Morgan fingerprint density at radius 2 is 1.59 bits per heavy atom. The summed E-state index contributed by atoms with van der Waals surface area (Å²) in [5.74, 6) is 2.76. The van der Waals surface area contributed by atoms with Crippen LogP contribution in [0.4, 0.5) is 0 Å². The molecule has 0 aliphatic carbocycles. The predicted molar refractivity (Wildman–Crippen MR) is 125 cm³/mol. The molecule has 1 unspecified atom stereocenters. The highest BCUT2D eigenvalue weighted by Gasteiger charge is 2.32. The number of unbranched alkanes of at least 4 members (excludes halogenated alkanes) is 1. The maximum Gasteiger partial charge on any atom is 0.176 e. The van der Waals surface area contributed by atoms with Gasteiger partial charge in [0.05, 0.1) is 5.25 Å². The highest BCUT2D eigenvalue weighted by molar-refractivity contribution is 8.00. The van der Waals surface area contributed by atoms with E-state index in [1.54, 1.807) is 11.8 Å². The van der Waals surface area contributed by atoms with Gasteiger partial charge in [-0.2, -0.15) is 0 Å². The Morgan fingerprint density at radius 3 is 2.24 bits per heavy atom. The average Bonchev–Trinajstić information content (AvgIpc) is 2.70. The lowest BCUT2D eigenvalue weighted by Crippen LogP contribution is -2.32. The van der Waals surface area contributed by atoms with Crippen molar-refractivity contribution in [3.05, 3.63) is 72.3 Å². The van der Waals surface area contributed by atoms with E-state index in [4.69, 9.17) is 4.74 Å². The van der Waals surface area contributed by atoms with Gasteiger partial charge < -0.3 is 4.74 Å². The van der Waals surface area contributed by atoms with Gasteiger partial charge in [-0.15, -0.1) is 11.8 Å². The van der Waals surface area contributed by atoms with Gasteiger partial charge in [-0.3, -0.25) is 4.79 Å². The molecule has 152 valence electrons. The fourth-order valence-corrected chi connectivity index (χ4v) is 4.75. The fraction of sp³-hybridized carbons (Fsp3) is 0.346. The van der Waals surface area contributed by atoms with Gasteiger partial charge in [0.15, 0.2) is 5.78 Å². The maximum atomic E-state index is 13.1. The molecular formula is C26H30O2S. The number of fused-ring (bicyclic) bond motifs is 1. The van der Waals surface area contributed by atoms with Crippen LogP contribution in [-0.2, 0) is 0 Å². The molecule has 3 aromatic rings. The smallest absolute Gasteiger partial charge is 0.176 e. The van der Waals surface area contributed by atoms with E-state index in [0.717, 1.165) is 41.0 Å². The van der Waals surface area contributed by atoms with Crippen LogP contribution < -0.4 is 4.74 Å². The van der Waals surface area contributed by atoms with Gasteiger partial charge in [-0.1, -0.05) is 64.4 Å². The van der Waals surface area contributed by atoms with Crippen molar-refractivity contribution in [1.29, 1.82) is 0 Å². The zero-order chi connectivity index (χ0) is 20.9. The quantitative estimate of drug-likeness (QED) is 0.282. The molecule has 0 spiro atoms. The molecule has 0 saturated carbocycles. The number of hydrogen-bond donors (Lipinski definition) is 0. The molecule has 0 aliphatic rings. The minimum Gasteiger partial charge on any atom is -0.457 e. The lowest BCUT2D eigenvalue weighted by molar-refractivity contribution is 0.0950. The van der Waals surface area contributed by atoms with Crippen LogP contribution in [0.3, 0.4) is 0 Å². The number of ether oxygens (including phenoxy) is 1. The molecule has 0 amide bonds. The molecule has 1 atom stereocenters. The van der Waals surface area contributed by atoms with Gasteiger partial charge in [0.2, 0.25) is 0 Å². The highest BCUT2D eigenvalue weighted by Crippen LogP contribution is 2.34. The summed E-state index contributed by atoms with van der Waals surface area (Å²) in [7, 11) is 0. The van der Waals surface area contributed by atoms with Crippen molar-refractivity contribution in [1.82, 2.24) is 0 Å². The molecule has 0 aromatic heterocycles. The Bertz CT molecular complexity index is 954. The Labute approximate surface area is 178 Å². The second-order valence-corrected chi connectivity index (χ2v) is 9.68. The molecule has 0 fully saturated rings. The number of hydrogen-bond acceptors (Lipinski definition) is 3. The monoisotopic (exact) mass is 406 g/mol. The van der Waals surface area contributed by atoms with E-state index >= 15 is 0 Å². The largest absolute Gasteiger partial charge is 0.457 e. The number of benzene rings is 3. The first kappa shape index (κ1) is 21.4. The first-order valence-electron chi connectivity index (χ1n) is 10.3. The van der Waals surface area contributed by atoms with E-state index in [2.05, 4.69) is 45.9 Å². The zero-order valence-electron chi connectivity index (χ0n) is 17.8. The first-order chi connectivity index (χ1) is 13.9. The fourth-order valence-electron chi connectivity index (χ4n) is 3.27. The van der Waals surface area contributed by atoms with Crippen LogP contribution in [0.1, 0.15) is 50.9 Å². The number of rotatable bonds is 8. The van der Waals surface area contributed by atoms with E-state index in [1.807, 2.05) is 48.5 Å². The van der Waals surface area contributed by atoms with Gasteiger partial charge in [0.1, 0.15) is 11.5 Å². The van der Waals surface area contributed by atoms with E-state index in [1.165, 1.54) is 5.39 Å². The lowest BCUT2D eigenvalue weighted by Gasteiger charge is -2.29. The maximum absolute atomic E-state index is 13.1. The zero-order valence-corrected chi connectivity index (χ0v) is 18.6. The summed E-state index contributed by atoms with van der Waals surface area (Å²) < 4.78 is 6.01. The van der Waals surface area contributed by atoms with Crippen molar-refractivity contribution in [3.63, 3.8) is 0 Å². The van der Waals surface area contributed by atoms with Crippen LogP contribution in [0.25, 0.3) is 10.8 Å². The molecule has 3 aromatic carbocycles. The third-order valence-electron chi connectivity index (χ3n) is 4.90. The lowest BCUT2D eigenvalue weighted by atomic mass is 9.87. The van der Waals surface area contributed by atoms with Crippen LogP contribution in [0.2, 0.25) is 0 Å². The normalized spacial score (nSPS) is 12.7. The molecular weight excluding hydrogens is 376 g/mol. The summed E-state index contributed by atoms with van der Waals surface area (Å²) in [6.45, 7) is 8.62. The van der Waals surface area contributed by atoms with E-state index in [-0.39, 0.29) is 16.4 Å². The van der Waals surface area contributed by atoms with Gasteiger partial charge in [0, 0.05) is 5.56 Å². The van der Waals surface area contributed by atoms with Gasteiger partial charge >= 0.3 is 0 Å². The minimum absolute atomic E-state index is 0.0405. The second kappa shape index (κ2) is 9.49. The van der Waals surface area contributed by atoms with Gasteiger partial charge in [-0.05, 0) is 64.8 Å².